The highest BCUT2D eigenvalue weighted by molar-refractivity contribution is 7.89. The molecule has 0 aliphatic carbocycles. The van der Waals surface area contributed by atoms with E-state index < -0.39 is 10.0 Å². The summed E-state index contributed by atoms with van der Waals surface area (Å²) in [6.07, 6.45) is 0. The molecule has 1 saturated heterocycles. The van der Waals surface area contributed by atoms with Crippen molar-refractivity contribution in [1.29, 1.82) is 0 Å². The number of amides is 1. The number of morpholine rings is 1. The number of aromatic nitrogens is 2. The molecule has 9 nitrogen and oxygen atoms in total. The largest absolute Gasteiger partial charge is 0.379 e. The molecule has 1 aliphatic rings. The molecule has 31 heavy (non-hydrogen) atoms. The molecule has 1 amide bonds. The number of nitrogens with one attached hydrogen (secondary N) is 1. The lowest BCUT2D eigenvalue weighted by molar-refractivity contribution is 0.0730. The van der Waals surface area contributed by atoms with Crippen molar-refractivity contribution in [3.63, 3.8) is 0 Å². The van der Waals surface area contributed by atoms with Crippen molar-refractivity contribution in [1.82, 2.24) is 19.8 Å². The van der Waals surface area contributed by atoms with E-state index in [1.165, 1.54) is 28.6 Å². The maximum Gasteiger partial charge on any atom is 0.251 e. The van der Waals surface area contributed by atoms with Crippen LogP contribution < -0.4 is 5.32 Å². The fraction of sp³-hybridized carbons (Fsp3) is 0.286. The highest BCUT2D eigenvalue weighted by atomic mass is 32.2. The Morgan fingerprint density at radius 2 is 1.81 bits per heavy atom. The van der Waals surface area contributed by atoms with Crippen LogP contribution in [-0.4, -0.2) is 55.1 Å². The zero-order valence-electron chi connectivity index (χ0n) is 16.9. The Hall–Kier alpha value is -3.08. The van der Waals surface area contributed by atoms with E-state index in [0.717, 1.165) is 11.1 Å². The molecule has 0 bridgehead atoms. The maximum atomic E-state index is 12.7. The van der Waals surface area contributed by atoms with Crippen LogP contribution in [0.3, 0.4) is 0 Å². The molecule has 1 aliphatic heterocycles. The molecule has 0 radical (unpaired) electrons. The number of hydrogen-bond acceptors (Lipinski definition) is 7. The van der Waals surface area contributed by atoms with E-state index in [-0.39, 0.29) is 23.2 Å². The van der Waals surface area contributed by atoms with Gasteiger partial charge >= 0.3 is 0 Å². The summed E-state index contributed by atoms with van der Waals surface area (Å²) in [5, 5.41) is 6.67. The quantitative estimate of drug-likeness (QED) is 0.621. The minimum atomic E-state index is -3.60. The van der Waals surface area contributed by atoms with Crippen molar-refractivity contribution in [2.45, 2.75) is 18.4 Å². The summed E-state index contributed by atoms with van der Waals surface area (Å²) in [5.41, 5.74) is 2.21. The van der Waals surface area contributed by atoms with Crippen molar-refractivity contribution in [3.05, 3.63) is 65.5 Å². The summed E-state index contributed by atoms with van der Waals surface area (Å²) < 4.78 is 37.1. The van der Waals surface area contributed by atoms with Crippen LogP contribution in [0.25, 0.3) is 11.4 Å². The summed E-state index contributed by atoms with van der Waals surface area (Å²) in [7, 11) is -3.60. The minimum absolute atomic E-state index is 0.0611. The van der Waals surface area contributed by atoms with Gasteiger partial charge in [-0.3, -0.25) is 4.79 Å². The number of nitrogens with zero attached hydrogens (tertiary/aromatic N) is 3. The van der Waals surface area contributed by atoms with Crippen molar-refractivity contribution in [3.8, 4) is 11.4 Å². The number of benzene rings is 2. The third-order valence-electron chi connectivity index (χ3n) is 4.98. The van der Waals surface area contributed by atoms with Crippen LogP contribution in [0.5, 0.6) is 0 Å². The van der Waals surface area contributed by atoms with E-state index in [4.69, 9.17) is 9.26 Å². The van der Waals surface area contributed by atoms with Crippen LogP contribution in [0.15, 0.2) is 57.9 Å². The SMILES string of the molecule is Cc1ccccc1-c1noc(CNC(=O)c2ccc(S(=O)(=O)N3CCOCC3)cc2)n1. The second kappa shape index (κ2) is 8.96. The fourth-order valence-corrected chi connectivity index (χ4v) is 4.64. The van der Waals surface area contributed by atoms with Gasteiger partial charge in [0.15, 0.2) is 0 Å². The summed E-state index contributed by atoms with van der Waals surface area (Å²) in [6, 6.07) is 13.5. The van der Waals surface area contributed by atoms with E-state index >= 15 is 0 Å². The highest BCUT2D eigenvalue weighted by Crippen LogP contribution is 2.20. The van der Waals surface area contributed by atoms with Crippen LogP contribution >= 0.6 is 0 Å². The van der Waals surface area contributed by atoms with Gasteiger partial charge in [-0.15, -0.1) is 0 Å². The Kier molecular flexibility index (Phi) is 6.12. The topological polar surface area (TPSA) is 115 Å². The molecule has 1 fully saturated rings. The van der Waals surface area contributed by atoms with E-state index in [1.807, 2.05) is 31.2 Å². The average Bonchev–Trinajstić information content (AvgIpc) is 3.27. The van der Waals surface area contributed by atoms with Gasteiger partial charge in [0.1, 0.15) is 0 Å². The number of rotatable bonds is 6. The lowest BCUT2D eigenvalue weighted by Crippen LogP contribution is -2.40. The first-order valence-corrected chi connectivity index (χ1v) is 11.2. The number of hydrogen-bond donors (Lipinski definition) is 1. The predicted molar refractivity (Wildman–Crippen MR) is 112 cm³/mol. The van der Waals surface area contributed by atoms with Gasteiger partial charge in [0.25, 0.3) is 5.91 Å². The molecule has 2 heterocycles. The molecule has 4 rings (SSSR count). The van der Waals surface area contributed by atoms with Crippen LogP contribution in [0.1, 0.15) is 21.8 Å². The Bertz CT molecular complexity index is 1170. The molecule has 0 atom stereocenters. The summed E-state index contributed by atoms with van der Waals surface area (Å²) in [6.45, 7) is 3.40. The summed E-state index contributed by atoms with van der Waals surface area (Å²) in [5.74, 6) is 0.365. The van der Waals surface area contributed by atoms with Crippen molar-refractivity contribution in [2.75, 3.05) is 26.3 Å². The van der Waals surface area contributed by atoms with E-state index in [9.17, 15) is 13.2 Å². The molecule has 3 aromatic rings. The molecule has 2 aromatic carbocycles. The smallest absolute Gasteiger partial charge is 0.251 e. The predicted octanol–water partition coefficient (Wildman–Crippen LogP) is 2.00. The first-order valence-electron chi connectivity index (χ1n) is 9.80. The maximum absolute atomic E-state index is 12.7. The minimum Gasteiger partial charge on any atom is -0.379 e. The van der Waals surface area contributed by atoms with E-state index in [1.54, 1.807) is 0 Å². The molecular weight excluding hydrogens is 420 g/mol. The third kappa shape index (κ3) is 4.66. The number of carbonyl (C=O) groups is 1. The number of aryl methyl sites for hydroxylation is 1. The summed E-state index contributed by atoms with van der Waals surface area (Å²) in [4.78, 5) is 16.9. The van der Waals surface area contributed by atoms with Gasteiger partial charge in [-0.2, -0.15) is 9.29 Å². The van der Waals surface area contributed by atoms with Crippen LogP contribution in [-0.2, 0) is 21.3 Å². The lowest BCUT2D eigenvalue weighted by atomic mass is 10.1. The zero-order chi connectivity index (χ0) is 21.8. The first-order chi connectivity index (χ1) is 14.9. The molecule has 1 aromatic heterocycles. The van der Waals surface area contributed by atoms with Gasteiger partial charge in [-0.1, -0.05) is 29.4 Å². The highest BCUT2D eigenvalue weighted by Gasteiger charge is 2.26. The second-order valence-corrected chi connectivity index (χ2v) is 8.99. The normalized spacial score (nSPS) is 15.0. The van der Waals surface area contributed by atoms with Gasteiger partial charge in [0.2, 0.25) is 21.7 Å². The van der Waals surface area contributed by atoms with Crippen molar-refractivity contribution >= 4 is 15.9 Å². The lowest BCUT2D eigenvalue weighted by Gasteiger charge is -2.26. The average molecular weight is 442 g/mol. The Labute approximate surface area is 180 Å². The number of ether oxygens (including phenoxy) is 1. The first kappa shape index (κ1) is 21.2. The number of carbonyl (C=O) groups excluding carboxylic acids is 1. The summed E-state index contributed by atoms with van der Waals surface area (Å²) >= 11 is 0. The fourth-order valence-electron chi connectivity index (χ4n) is 3.23. The molecule has 10 heteroatoms. The molecule has 0 spiro atoms. The molecule has 1 N–H and O–H groups in total. The van der Waals surface area contributed by atoms with Crippen molar-refractivity contribution < 1.29 is 22.5 Å². The third-order valence-corrected chi connectivity index (χ3v) is 6.89. The van der Waals surface area contributed by atoms with Gasteiger partial charge in [-0.25, -0.2) is 8.42 Å². The zero-order valence-corrected chi connectivity index (χ0v) is 17.8. The monoisotopic (exact) mass is 442 g/mol. The van der Waals surface area contributed by atoms with Crippen molar-refractivity contribution in [2.24, 2.45) is 0 Å². The molecule has 0 saturated carbocycles. The van der Waals surface area contributed by atoms with Crippen LogP contribution in [0.4, 0.5) is 0 Å². The van der Waals surface area contributed by atoms with E-state index in [2.05, 4.69) is 15.5 Å². The van der Waals surface area contributed by atoms with Gasteiger partial charge in [-0.05, 0) is 36.8 Å². The number of sulfonamides is 1. The Balaban J connectivity index is 1.39. The molecular formula is C21H22N4O5S. The standard InChI is InChI=1S/C21H22N4O5S/c1-15-4-2-3-5-18(15)20-23-19(30-24-20)14-22-21(26)16-6-8-17(9-7-16)31(27,28)25-10-12-29-13-11-25/h2-9H,10-14H2,1H3,(H,22,26). The van der Waals surface area contributed by atoms with E-state index in [0.29, 0.717) is 37.7 Å². The molecule has 162 valence electrons. The van der Waals surface area contributed by atoms with Gasteiger partial charge in [0, 0.05) is 24.2 Å². The van der Waals surface area contributed by atoms with Crippen LogP contribution in [0, 0.1) is 6.92 Å². The van der Waals surface area contributed by atoms with Gasteiger partial charge in [0.05, 0.1) is 24.7 Å². The van der Waals surface area contributed by atoms with Gasteiger partial charge < -0.3 is 14.6 Å². The van der Waals surface area contributed by atoms with Crippen LogP contribution in [0.2, 0.25) is 0 Å². The second-order valence-electron chi connectivity index (χ2n) is 7.05. The molecule has 0 unspecified atom stereocenters. The Morgan fingerprint density at radius 3 is 2.52 bits per heavy atom. The Morgan fingerprint density at radius 1 is 1.10 bits per heavy atom.